The first-order valence-electron chi connectivity index (χ1n) is 6.31. The molecule has 0 aromatic carbocycles. The summed E-state index contributed by atoms with van der Waals surface area (Å²) in [6, 6.07) is 0. The molecule has 7 nitrogen and oxygen atoms in total. The molecule has 0 bridgehead atoms. The number of rotatable bonds is 2. The van der Waals surface area contributed by atoms with Crippen molar-refractivity contribution >= 4 is 38.7 Å². The predicted octanol–water partition coefficient (Wildman–Crippen LogP) is 1.81. The van der Waals surface area contributed by atoms with E-state index in [1.54, 1.807) is 12.5 Å². The van der Waals surface area contributed by atoms with Gasteiger partial charge in [0.1, 0.15) is 10.1 Å². The van der Waals surface area contributed by atoms with Gasteiger partial charge < -0.3 is 16.0 Å². The Morgan fingerprint density at radius 3 is 2.71 bits per heavy atom. The van der Waals surface area contributed by atoms with Crippen molar-refractivity contribution in [2.75, 3.05) is 11.5 Å². The van der Waals surface area contributed by atoms with E-state index in [0.717, 1.165) is 22.5 Å². The first-order chi connectivity index (χ1) is 9.97. The summed E-state index contributed by atoms with van der Waals surface area (Å²) in [5.41, 5.74) is 16.7. The van der Waals surface area contributed by atoms with Crippen molar-refractivity contribution in [3.63, 3.8) is 0 Å². The van der Waals surface area contributed by atoms with Crippen molar-refractivity contribution < 1.29 is 0 Å². The van der Waals surface area contributed by atoms with Gasteiger partial charge in [0, 0.05) is 11.9 Å². The summed E-state index contributed by atoms with van der Waals surface area (Å²) in [7, 11) is 0. The van der Waals surface area contributed by atoms with Crippen molar-refractivity contribution in [2.24, 2.45) is 0 Å². The lowest BCUT2D eigenvalue weighted by atomic mass is 10.1. The molecule has 0 atom stereocenters. The third-order valence-corrected chi connectivity index (χ3v) is 3.99. The van der Waals surface area contributed by atoms with Crippen LogP contribution in [0, 0.1) is 13.8 Å². The van der Waals surface area contributed by atoms with Crippen LogP contribution in [0.1, 0.15) is 16.8 Å². The van der Waals surface area contributed by atoms with E-state index < -0.39 is 0 Å². The number of aromatic nitrogens is 5. The molecule has 3 aromatic rings. The van der Waals surface area contributed by atoms with Gasteiger partial charge in [0.05, 0.1) is 18.6 Å². The van der Waals surface area contributed by atoms with Gasteiger partial charge in [-0.25, -0.2) is 9.97 Å². The number of imidazole rings is 1. The summed E-state index contributed by atoms with van der Waals surface area (Å²) in [5, 5.41) is 0. The number of nitrogens with zero attached hydrogens (tertiary/aromatic N) is 5. The van der Waals surface area contributed by atoms with E-state index in [1.807, 2.05) is 18.4 Å². The predicted molar refractivity (Wildman–Crippen MR) is 84.7 cm³/mol. The van der Waals surface area contributed by atoms with Gasteiger partial charge in [-0.3, -0.25) is 4.98 Å². The van der Waals surface area contributed by atoms with Gasteiger partial charge in [0.15, 0.2) is 5.65 Å². The molecule has 108 valence electrons. The molecular formula is C13H14BrN7. The molecule has 0 radical (unpaired) electrons. The Morgan fingerprint density at radius 2 is 1.95 bits per heavy atom. The number of nitrogens with two attached hydrogens (primary N) is 2. The maximum atomic E-state index is 6.05. The Hall–Kier alpha value is -2.22. The van der Waals surface area contributed by atoms with Crippen LogP contribution in [0.5, 0.6) is 0 Å². The number of anilines is 2. The molecule has 0 amide bonds. The fourth-order valence-corrected chi connectivity index (χ4v) is 2.62. The summed E-state index contributed by atoms with van der Waals surface area (Å²) < 4.78 is 2.46. The van der Waals surface area contributed by atoms with Crippen LogP contribution in [-0.4, -0.2) is 24.5 Å². The maximum Gasteiger partial charge on any atom is 0.223 e. The van der Waals surface area contributed by atoms with Crippen LogP contribution in [0.15, 0.2) is 17.1 Å². The highest BCUT2D eigenvalue weighted by Crippen LogP contribution is 2.23. The van der Waals surface area contributed by atoms with Crippen molar-refractivity contribution in [3.05, 3.63) is 33.9 Å². The molecule has 4 N–H and O–H groups in total. The average Bonchev–Trinajstić information content (AvgIpc) is 2.83. The standard InChI is InChI=1S/C13H14BrN7/c1-6-3-17-8(7(2)9(6)15)4-21-5-18-10-11(14)19-13(16)20-12(10)21/h3,5H,4H2,1-2H3,(H2,15,17)(H2,16,19,20). The summed E-state index contributed by atoms with van der Waals surface area (Å²) in [6.45, 7) is 4.43. The highest BCUT2D eigenvalue weighted by atomic mass is 79.9. The third-order valence-electron chi connectivity index (χ3n) is 3.43. The smallest absolute Gasteiger partial charge is 0.223 e. The van der Waals surface area contributed by atoms with Crippen molar-refractivity contribution in [1.82, 2.24) is 24.5 Å². The second kappa shape index (κ2) is 4.96. The van der Waals surface area contributed by atoms with Gasteiger partial charge in [-0.2, -0.15) is 4.98 Å². The lowest BCUT2D eigenvalue weighted by Gasteiger charge is -2.10. The summed E-state index contributed by atoms with van der Waals surface area (Å²) in [6.07, 6.45) is 3.47. The van der Waals surface area contributed by atoms with E-state index in [1.165, 1.54) is 0 Å². The SMILES string of the molecule is Cc1cnc(Cn2cnc3c(Br)nc(N)nc32)c(C)c1N. The summed E-state index contributed by atoms with van der Waals surface area (Å²) in [4.78, 5) is 17.0. The van der Waals surface area contributed by atoms with Crippen LogP contribution < -0.4 is 11.5 Å². The fraction of sp³-hybridized carbons (Fsp3) is 0.231. The Morgan fingerprint density at radius 1 is 1.19 bits per heavy atom. The van der Waals surface area contributed by atoms with E-state index in [0.29, 0.717) is 22.3 Å². The maximum absolute atomic E-state index is 6.05. The highest BCUT2D eigenvalue weighted by Gasteiger charge is 2.13. The largest absolute Gasteiger partial charge is 0.398 e. The lowest BCUT2D eigenvalue weighted by Crippen LogP contribution is -2.07. The lowest BCUT2D eigenvalue weighted by molar-refractivity contribution is 0.781. The fourth-order valence-electron chi connectivity index (χ4n) is 2.15. The molecular weight excluding hydrogens is 334 g/mol. The molecule has 0 aliphatic rings. The Kier molecular flexibility index (Phi) is 3.25. The van der Waals surface area contributed by atoms with E-state index in [-0.39, 0.29) is 5.95 Å². The van der Waals surface area contributed by atoms with Crippen molar-refractivity contribution in [3.8, 4) is 0 Å². The summed E-state index contributed by atoms with van der Waals surface area (Å²) >= 11 is 3.34. The molecule has 0 saturated carbocycles. The first kappa shape index (κ1) is 13.7. The van der Waals surface area contributed by atoms with Crippen LogP contribution >= 0.6 is 15.9 Å². The van der Waals surface area contributed by atoms with Crippen molar-refractivity contribution in [2.45, 2.75) is 20.4 Å². The molecule has 21 heavy (non-hydrogen) atoms. The quantitative estimate of drug-likeness (QED) is 0.684. The number of halogens is 1. The molecule has 0 fully saturated rings. The Balaban J connectivity index is 2.09. The molecule has 3 heterocycles. The van der Waals surface area contributed by atoms with Crippen LogP contribution in [0.3, 0.4) is 0 Å². The molecule has 0 spiro atoms. The van der Waals surface area contributed by atoms with Crippen LogP contribution in [0.25, 0.3) is 11.2 Å². The van der Waals surface area contributed by atoms with E-state index in [9.17, 15) is 0 Å². The first-order valence-corrected chi connectivity index (χ1v) is 7.11. The molecule has 0 aliphatic carbocycles. The summed E-state index contributed by atoms with van der Waals surface area (Å²) in [5.74, 6) is 0.198. The third kappa shape index (κ3) is 2.31. The van der Waals surface area contributed by atoms with E-state index in [2.05, 4.69) is 35.9 Å². The monoisotopic (exact) mass is 347 g/mol. The normalized spacial score (nSPS) is 11.2. The second-order valence-electron chi connectivity index (χ2n) is 4.84. The van der Waals surface area contributed by atoms with E-state index >= 15 is 0 Å². The van der Waals surface area contributed by atoms with Gasteiger partial charge in [-0.05, 0) is 40.9 Å². The highest BCUT2D eigenvalue weighted by molar-refractivity contribution is 9.10. The zero-order valence-corrected chi connectivity index (χ0v) is 13.2. The van der Waals surface area contributed by atoms with Gasteiger partial charge in [0.2, 0.25) is 5.95 Å². The number of hydrogen-bond acceptors (Lipinski definition) is 6. The van der Waals surface area contributed by atoms with Gasteiger partial charge in [0.25, 0.3) is 0 Å². The minimum absolute atomic E-state index is 0.198. The average molecular weight is 348 g/mol. The second-order valence-corrected chi connectivity index (χ2v) is 5.60. The van der Waals surface area contributed by atoms with Crippen molar-refractivity contribution in [1.29, 1.82) is 0 Å². The van der Waals surface area contributed by atoms with Gasteiger partial charge >= 0.3 is 0 Å². The van der Waals surface area contributed by atoms with Gasteiger partial charge in [-0.15, -0.1) is 0 Å². The minimum atomic E-state index is 0.198. The molecule has 0 aliphatic heterocycles. The Labute approximate surface area is 129 Å². The Bertz CT molecular complexity index is 840. The number of hydrogen-bond donors (Lipinski definition) is 2. The molecule has 0 unspecified atom stereocenters. The number of fused-ring (bicyclic) bond motifs is 1. The minimum Gasteiger partial charge on any atom is -0.398 e. The molecule has 8 heteroatoms. The number of nitrogen functional groups attached to an aromatic ring is 2. The van der Waals surface area contributed by atoms with Crippen LogP contribution in [-0.2, 0) is 6.54 Å². The molecule has 0 saturated heterocycles. The molecule has 3 rings (SSSR count). The van der Waals surface area contributed by atoms with Gasteiger partial charge in [-0.1, -0.05) is 0 Å². The van der Waals surface area contributed by atoms with E-state index in [4.69, 9.17) is 11.5 Å². The number of aryl methyl sites for hydroxylation is 1. The van der Waals surface area contributed by atoms with Crippen LogP contribution in [0.4, 0.5) is 11.6 Å². The molecule has 3 aromatic heterocycles. The number of pyridine rings is 1. The topological polar surface area (TPSA) is 109 Å². The zero-order chi connectivity index (χ0) is 15.1. The van der Waals surface area contributed by atoms with Crippen LogP contribution in [0.2, 0.25) is 0 Å². The zero-order valence-electron chi connectivity index (χ0n) is 11.6.